The normalized spacial score (nSPS) is 22.1. The lowest BCUT2D eigenvalue weighted by Gasteiger charge is -2.19. The highest BCUT2D eigenvalue weighted by atomic mass is 16.2. The summed E-state index contributed by atoms with van der Waals surface area (Å²) in [7, 11) is 0. The first-order valence-electron chi connectivity index (χ1n) is 6.31. The van der Waals surface area contributed by atoms with Crippen LogP contribution in [0.5, 0.6) is 0 Å². The maximum atomic E-state index is 12.1. The van der Waals surface area contributed by atoms with Gasteiger partial charge < -0.3 is 9.88 Å². The minimum absolute atomic E-state index is 0.00820. The van der Waals surface area contributed by atoms with Crippen molar-refractivity contribution in [1.29, 1.82) is 0 Å². The fourth-order valence-corrected chi connectivity index (χ4v) is 1.91. The number of imidazole rings is 1. The van der Waals surface area contributed by atoms with Gasteiger partial charge in [-0.05, 0) is 20.3 Å². The van der Waals surface area contributed by atoms with Crippen molar-refractivity contribution in [2.75, 3.05) is 0 Å². The summed E-state index contributed by atoms with van der Waals surface area (Å²) in [5, 5.41) is 3.29. The van der Waals surface area contributed by atoms with E-state index in [1.807, 2.05) is 0 Å². The van der Waals surface area contributed by atoms with E-state index < -0.39 is 23.4 Å². The summed E-state index contributed by atoms with van der Waals surface area (Å²) in [5.74, 6) is -0.244. The number of carbonyl (C=O) groups is 3. The van der Waals surface area contributed by atoms with Gasteiger partial charge in [-0.3, -0.25) is 15.0 Å². The Balaban J connectivity index is 2.03. The highest BCUT2D eigenvalue weighted by Gasteiger charge is 2.47. The Bertz CT molecular complexity index is 567. The van der Waals surface area contributed by atoms with Crippen molar-refractivity contribution in [2.45, 2.75) is 39.3 Å². The van der Waals surface area contributed by atoms with Crippen molar-refractivity contribution in [3.05, 3.63) is 18.2 Å². The number of hydrazine groups is 1. The summed E-state index contributed by atoms with van der Waals surface area (Å²) in [5.41, 5.74) is 1.35. The molecule has 0 radical (unpaired) electrons. The lowest BCUT2D eigenvalue weighted by Crippen LogP contribution is -2.49. The standard InChI is InChI=1S/C12H17N5O3/c1-4-12(3)10(19)17(11(20)14-12)15-9(18)7-16-6-5-13-8(16)2/h5-6H,4,7H2,1-3H3,(H,14,20)(H,15,18). The van der Waals surface area contributed by atoms with Crippen LogP contribution in [0.1, 0.15) is 26.1 Å². The van der Waals surface area contributed by atoms with E-state index in [0.717, 1.165) is 5.01 Å². The third-order valence-corrected chi connectivity index (χ3v) is 3.44. The van der Waals surface area contributed by atoms with Crippen molar-refractivity contribution < 1.29 is 14.4 Å². The second-order valence-corrected chi connectivity index (χ2v) is 4.89. The summed E-state index contributed by atoms with van der Waals surface area (Å²) in [4.78, 5) is 39.7. The van der Waals surface area contributed by atoms with Crippen molar-refractivity contribution in [3.8, 4) is 0 Å². The van der Waals surface area contributed by atoms with Crippen LogP contribution in [-0.2, 0) is 16.1 Å². The predicted octanol–water partition coefficient (Wildman–Crippen LogP) is -0.0568. The van der Waals surface area contributed by atoms with Crippen LogP contribution in [0.3, 0.4) is 0 Å². The highest BCUT2D eigenvalue weighted by Crippen LogP contribution is 2.19. The molecule has 0 aromatic carbocycles. The van der Waals surface area contributed by atoms with Crippen LogP contribution in [0.15, 0.2) is 12.4 Å². The molecule has 0 bridgehead atoms. The van der Waals surface area contributed by atoms with Crippen molar-refractivity contribution >= 4 is 17.8 Å². The largest absolute Gasteiger partial charge is 0.344 e. The number of nitrogens with one attached hydrogen (secondary N) is 2. The van der Waals surface area contributed by atoms with Gasteiger partial charge in [-0.2, -0.15) is 5.01 Å². The molecule has 1 saturated heterocycles. The fourth-order valence-electron chi connectivity index (χ4n) is 1.91. The molecule has 108 valence electrons. The lowest BCUT2D eigenvalue weighted by molar-refractivity contribution is -0.139. The molecule has 8 heteroatoms. The molecule has 0 spiro atoms. The number of imide groups is 1. The van der Waals surface area contributed by atoms with Crippen LogP contribution >= 0.6 is 0 Å². The summed E-state index contributed by atoms with van der Waals surface area (Å²) in [6, 6.07) is -0.616. The Morgan fingerprint density at radius 2 is 2.20 bits per heavy atom. The topological polar surface area (TPSA) is 96.3 Å². The van der Waals surface area contributed by atoms with E-state index in [9.17, 15) is 14.4 Å². The Labute approximate surface area is 116 Å². The van der Waals surface area contributed by atoms with Crippen LogP contribution in [0.25, 0.3) is 0 Å². The smallest absolute Gasteiger partial charge is 0.326 e. The maximum absolute atomic E-state index is 12.1. The lowest BCUT2D eigenvalue weighted by atomic mass is 10.00. The number of aryl methyl sites for hydroxylation is 1. The molecule has 1 unspecified atom stereocenters. The van der Waals surface area contributed by atoms with Crippen LogP contribution in [-0.4, -0.2) is 37.9 Å². The first-order chi connectivity index (χ1) is 9.37. The van der Waals surface area contributed by atoms with E-state index in [2.05, 4.69) is 15.7 Å². The number of carbonyl (C=O) groups excluding carboxylic acids is 3. The number of rotatable bonds is 4. The molecular formula is C12H17N5O3. The molecular weight excluding hydrogens is 262 g/mol. The zero-order valence-corrected chi connectivity index (χ0v) is 11.6. The van der Waals surface area contributed by atoms with Crippen LogP contribution < -0.4 is 10.7 Å². The van der Waals surface area contributed by atoms with Gasteiger partial charge in [0.15, 0.2) is 0 Å². The molecule has 1 aliphatic heterocycles. The van der Waals surface area contributed by atoms with Gasteiger partial charge in [0.1, 0.15) is 17.9 Å². The van der Waals surface area contributed by atoms with E-state index in [4.69, 9.17) is 0 Å². The van der Waals surface area contributed by atoms with Gasteiger partial charge in [-0.15, -0.1) is 0 Å². The minimum Gasteiger partial charge on any atom is -0.326 e. The number of amides is 4. The predicted molar refractivity (Wildman–Crippen MR) is 69.2 cm³/mol. The van der Waals surface area contributed by atoms with E-state index in [1.165, 1.54) is 0 Å². The molecule has 2 heterocycles. The molecule has 4 amide bonds. The van der Waals surface area contributed by atoms with Gasteiger partial charge in [0.05, 0.1) is 0 Å². The number of hydrogen-bond donors (Lipinski definition) is 2. The van der Waals surface area contributed by atoms with Gasteiger partial charge in [0.2, 0.25) is 0 Å². The first kappa shape index (κ1) is 14.0. The molecule has 20 heavy (non-hydrogen) atoms. The highest BCUT2D eigenvalue weighted by molar-refractivity contribution is 6.07. The fraction of sp³-hybridized carbons (Fsp3) is 0.500. The van der Waals surface area contributed by atoms with Gasteiger partial charge in [-0.25, -0.2) is 9.78 Å². The van der Waals surface area contributed by atoms with E-state index in [1.54, 1.807) is 37.7 Å². The minimum atomic E-state index is -0.963. The molecule has 0 saturated carbocycles. The van der Waals surface area contributed by atoms with E-state index >= 15 is 0 Å². The third-order valence-electron chi connectivity index (χ3n) is 3.44. The number of aromatic nitrogens is 2. The second kappa shape index (κ2) is 4.95. The molecule has 1 aromatic heterocycles. The maximum Gasteiger partial charge on any atom is 0.344 e. The Morgan fingerprint density at radius 1 is 1.50 bits per heavy atom. The Morgan fingerprint density at radius 3 is 2.70 bits per heavy atom. The Hall–Kier alpha value is -2.38. The zero-order chi connectivity index (χ0) is 14.9. The van der Waals surface area contributed by atoms with Crippen LogP contribution in [0, 0.1) is 6.92 Å². The average Bonchev–Trinajstić information content (AvgIpc) is 2.88. The van der Waals surface area contributed by atoms with Crippen LogP contribution in [0.2, 0.25) is 0 Å². The number of urea groups is 1. The van der Waals surface area contributed by atoms with Gasteiger partial charge in [-0.1, -0.05) is 6.92 Å². The van der Waals surface area contributed by atoms with Gasteiger partial charge in [0.25, 0.3) is 11.8 Å². The summed E-state index contributed by atoms with van der Waals surface area (Å²) in [6.07, 6.45) is 3.67. The number of hydrogen-bond acceptors (Lipinski definition) is 4. The van der Waals surface area contributed by atoms with Crippen LogP contribution in [0.4, 0.5) is 4.79 Å². The van der Waals surface area contributed by atoms with Crippen molar-refractivity contribution in [3.63, 3.8) is 0 Å². The third kappa shape index (κ3) is 2.36. The molecule has 2 rings (SSSR count). The molecule has 1 atom stereocenters. The SMILES string of the molecule is CCC1(C)NC(=O)N(NC(=O)Cn2ccnc2C)C1=O. The molecule has 1 aromatic rings. The van der Waals surface area contributed by atoms with Crippen molar-refractivity contribution in [2.24, 2.45) is 0 Å². The van der Waals surface area contributed by atoms with Gasteiger partial charge >= 0.3 is 6.03 Å². The molecule has 1 aliphatic rings. The molecule has 1 fully saturated rings. The number of nitrogens with zero attached hydrogens (tertiary/aromatic N) is 3. The monoisotopic (exact) mass is 279 g/mol. The molecule has 0 aliphatic carbocycles. The summed E-state index contributed by atoms with van der Waals surface area (Å²) in [6.45, 7) is 5.17. The molecule has 2 N–H and O–H groups in total. The second-order valence-electron chi connectivity index (χ2n) is 4.89. The van der Waals surface area contributed by atoms with Crippen molar-refractivity contribution in [1.82, 2.24) is 25.3 Å². The first-order valence-corrected chi connectivity index (χ1v) is 6.31. The Kier molecular flexibility index (Phi) is 3.47. The molecule has 8 nitrogen and oxygen atoms in total. The summed E-state index contributed by atoms with van der Waals surface area (Å²) >= 11 is 0. The van der Waals surface area contributed by atoms with E-state index in [-0.39, 0.29) is 6.54 Å². The van der Waals surface area contributed by atoms with E-state index in [0.29, 0.717) is 12.2 Å². The summed E-state index contributed by atoms with van der Waals surface area (Å²) < 4.78 is 1.62. The van der Waals surface area contributed by atoms with Gasteiger partial charge in [0, 0.05) is 12.4 Å². The quantitative estimate of drug-likeness (QED) is 0.755. The average molecular weight is 279 g/mol. The zero-order valence-electron chi connectivity index (χ0n) is 11.6.